The molecule has 3 nitrogen and oxygen atoms in total. The third kappa shape index (κ3) is 2.81. The maximum Gasteiger partial charge on any atom is 0.322 e. The first-order valence-electron chi connectivity index (χ1n) is 6.41. The Balaban J connectivity index is 2.04. The SMILES string of the molecule is Cc1ccc(NC(=O)N2CCCCC2C)cc1F. The van der Waals surface area contributed by atoms with Crippen molar-refractivity contribution in [3.05, 3.63) is 29.6 Å². The molecule has 1 atom stereocenters. The van der Waals surface area contributed by atoms with E-state index in [0.717, 1.165) is 19.4 Å². The second-order valence-corrected chi connectivity index (χ2v) is 4.93. The molecule has 1 fully saturated rings. The zero-order chi connectivity index (χ0) is 13.1. The third-order valence-electron chi connectivity index (χ3n) is 3.49. The first kappa shape index (κ1) is 12.9. The van der Waals surface area contributed by atoms with Gasteiger partial charge in [0.15, 0.2) is 0 Å². The van der Waals surface area contributed by atoms with Crippen LogP contribution in [-0.2, 0) is 0 Å². The van der Waals surface area contributed by atoms with Crippen LogP contribution >= 0.6 is 0 Å². The number of carbonyl (C=O) groups is 1. The fourth-order valence-electron chi connectivity index (χ4n) is 2.27. The molecule has 2 rings (SSSR count). The van der Waals surface area contributed by atoms with Crippen LogP contribution in [0, 0.1) is 12.7 Å². The van der Waals surface area contributed by atoms with Crippen molar-refractivity contribution in [2.45, 2.75) is 39.2 Å². The average molecular weight is 250 g/mol. The summed E-state index contributed by atoms with van der Waals surface area (Å²) in [6.45, 7) is 4.53. The molecule has 1 aromatic rings. The molecule has 1 aliphatic heterocycles. The van der Waals surface area contributed by atoms with Gasteiger partial charge in [0, 0.05) is 18.3 Å². The monoisotopic (exact) mass is 250 g/mol. The van der Waals surface area contributed by atoms with Crippen LogP contribution in [0.3, 0.4) is 0 Å². The molecule has 18 heavy (non-hydrogen) atoms. The molecule has 4 heteroatoms. The van der Waals surface area contributed by atoms with Crippen LogP contribution in [0.2, 0.25) is 0 Å². The lowest BCUT2D eigenvalue weighted by Gasteiger charge is -2.33. The van der Waals surface area contributed by atoms with Crippen molar-refractivity contribution in [3.8, 4) is 0 Å². The highest BCUT2D eigenvalue weighted by molar-refractivity contribution is 5.89. The summed E-state index contributed by atoms with van der Waals surface area (Å²) in [5, 5.41) is 2.76. The van der Waals surface area contributed by atoms with Gasteiger partial charge in [-0.2, -0.15) is 0 Å². The van der Waals surface area contributed by atoms with E-state index in [-0.39, 0.29) is 17.9 Å². The van der Waals surface area contributed by atoms with Gasteiger partial charge in [0.1, 0.15) is 5.82 Å². The molecule has 0 spiro atoms. The number of nitrogens with one attached hydrogen (secondary N) is 1. The minimum atomic E-state index is -0.292. The van der Waals surface area contributed by atoms with E-state index in [1.54, 1.807) is 19.1 Å². The van der Waals surface area contributed by atoms with E-state index in [0.29, 0.717) is 11.3 Å². The quantitative estimate of drug-likeness (QED) is 0.812. The Hall–Kier alpha value is -1.58. The summed E-state index contributed by atoms with van der Waals surface area (Å²) in [5.41, 5.74) is 1.10. The number of aryl methyl sites for hydroxylation is 1. The average Bonchev–Trinajstić information content (AvgIpc) is 2.34. The van der Waals surface area contributed by atoms with Gasteiger partial charge in [-0.15, -0.1) is 0 Å². The van der Waals surface area contributed by atoms with Crippen molar-refractivity contribution in [1.29, 1.82) is 0 Å². The molecule has 0 bridgehead atoms. The van der Waals surface area contributed by atoms with Gasteiger partial charge < -0.3 is 10.2 Å². The number of hydrogen-bond acceptors (Lipinski definition) is 1. The van der Waals surface area contributed by atoms with Gasteiger partial charge in [0.05, 0.1) is 0 Å². The molecule has 1 aromatic carbocycles. The number of carbonyl (C=O) groups excluding carboxylic acids is 1. The van der Waals surface area contributed by atoms with Crippen molar-refractivity contribution in [3.63, 3.8) is 0 Å². The van der Waals surface area contributed by atoms with E-state index in [2.05, 4.69) is 12.2 Å². The number of anilines is 1. The number of urea groups is 1. The Kier molecular flexibility index (Phi) is 3.84. The highest BCUT2D eigenvalue weighted by Crippen LogP contribution is 2.19. The van der Waals surface area contributed by atoms with Crippen molar-refractivity contribution >= 4 is 11.7 Å². The Labute approximate surface area is 107 Å². The number of hydrogen-bond donors (Lipinski definition) is 1. The largest absolute Gasteiger partial charge is 0.322 e. The molecule has 1 N–H and O–H groups in total. The van der Waals surface area contributed by atoms with E-state index in [1.165, 1.54) is 12.5 Å². The maximum atomic E-state index is 13.4. The van der Waals surface area contributed by atoms with E-state index in [9.17, 15) is 9.18 Å². The number of nitrogens with zero attached hydrogens (tertiary/aromatic N) is 1. The molecule has 1 aliphatic rings. The van der Waals surface area contributed by atoms with E-state index in [4.69, 9.17) is 0 Å². The number of piperidine rings is 1. The molecular formula is C14H19FN2O. The molecule has 2 amide bonds. The normalized spacial score (nSPS) is 19.7. The van der Waals surface area contributed by atoms with Gasteiger partial charge in [-0.05, 0) is 50.8 Å². The molecule has 1 unspecified atom stereocenters. The second-order valence-electron chi connectivity index (χ2n) is 4.93. The van der Waals surface area contributed by atoms with Crippen LogP contribution in [0.25, 0.3) is 0 Å². The number of rotatable bonds is 1. The van der Waals surface area contributed by atoms with Crippen molar-refractivity contribution in [2.24, 2.45) is 0 Å². The predicted molar refractivity (Wildman–Crippen MR) is 70.2 cm³/mol. The van der Waals surface area contributed by atoms with Crippen LogP contribution in [0.1, 0.15) is 31.7 Å². The highest BCUT2D eigenvalue weighted by Gasteiger charge is 2.23. The van der Waals surface area contributed by atoms with Crippen LogP contribution in [0.5, 0.6) is 0 Å². The fraction of sp³-hybridized carbons (Fsp3) is 0.500. The summed E-state index contributed by atoms with van der Waals surface area (Å²) in [6.07, 6.45) is 3.25. The van der Waals surface area contributed by atoms with E-state index < -0.39 is 0 Å². The lowest BCUT2D eigenvalue weighted by Crippen LogP contribution is -2.44. The number of halogens is 1. The summed E-state index contributed by atoms with van der Waals surface area (Å²) in [4.78, 5) is 13.9. The molecular weight excluding hydrogens is 231 g/mol. The second kappa shape index (κ2) is 5.38. The van der Waals surface area contributed by atoms with Gasteiger partial charge in [-0.1, -0.05) is 6.07 Å². The number of benzene rings is 1. The Bertz CT molecular complexity index is 447. The molecule has 1 heterocycles. The standard InChI is InChI=1S/C14H19FN2O/c1-10-6-7-12(9-13(10)15)16-14(18)17-8-4-3-5-11(17)2/h6-7,9,11H,3-5,8H2,1-2H3,(H,16,18). The molecule has 0 aliphatic carbocycles. The summed E-state index contributed by atoms with van der Waals surface area (Å²) < 4.78 is 13.4. The first-order chi connectivity index (χ1) is 8.58. The third-order valence-corrected chi connectivity index (χ3v) is 3.49. The lowest BCUT2D eigenvalue weighted by molar-refractivity contribution is 0.170. The minimum absolute atomic E-state index is 0.134. The summed E-state index contributed by atoms with van der Waals surface area (Å²) >= 11 is 0. The van der Waals surface area contributed by atoms with Crippen LogP contribution in [-0.4, -0.2) is 23.5 Å². The van der Waals surface area contributed by atoms with Gasteiger partial charge in [-0.25, -0.2) is 9.18 Å². The van der Waals surface area contributed by atoms with Crippen molar-refractivity contribution in [2.75, 3.05) is 11.9 Å². The Morgan fingerprint density at radius 2 is 2.22 bits per heavy atom. The van der Waals surface area contributed by atoms with Crippen molar-refractivity contribution in [1.82, 2.24) is 4.90 Å². The van der Waals surface area contributed by atoms with E-state index >= 15 is 0 Å². The van der Waals surface area contributed by atoms with Gasteiger partial charge in [0.25, 0.3) is 0 Å². The smallest absolute Gasteiger partial charge is 0.322 e. The number of amides is 2. The summed E-state index contributed by atoms with van der Waals surface area (Å²) in [5.74, 6) is -0.292. The lowest BCUT2D eigenvalue weighted by atomic mass is 10.0. The van der Waals surface area contributed by atoms with Gasteiger partial charge >= 0.3 is 6.03 Å². The van der Waals surface area contributed by atoms with Crippen LogP contribution in [0.15, 0.2) is 18.2 Å². The topological polar surface area (TPSA) is 32.3 Å². The summed E-state index contributed by atoms with van der Waals surface area (Å²) in [6, 6.07) is 4.89. The maximum absolute atomic E-state index is 13.4. The summed E-state index contributed by atoms with van der Waals surface area (Å²) in [7, 11) is 0. The molecule has 98 valence electrons. The van der Waals surface area contributed by atoms with Crippen LogP contribution in [0.4, 0.5) is 14.9 Å². The highest BCUT2D eigenvalue weighted by atomic mass is 19.1. The molecule has 1 saturated heterocycles. The van der Waals surface area contributed by atoms with E-state index in [1.807, 2.05) is 4.90 Å². The van der Waals surface area contributed by atoms with Gasteiger partial charge in [0.2, 0.25) is 0 Å². The zero-order valence-electron chi connectivity index (χ0n) is 10.9. The van der Waals surface area contributed by atoms with Gasteiger partial charge in [-0.3, -0.25) is 0 Å². The Morgan fingerprint density at radius 3 is 2.89 bits per heavy atom. The molecule has 0 saturated carbocycles. The zero-order valence-corrected chi connectivity index (χ0v) is 10.9. The first-order valence-corrected chi connectivity index (χ1v) is 6.41. The Morgan fingerprint density at radius 1 is 1.44 bits per heavy atom. The molecule has 0 radical (unpaired) electrons. The molecule has 0 aromatic heterocycles. The fourth-order valence-corrected chi connectivity index (χ4v) is 2.27. The van der Waals surface area contributed by atoms with Crippen LogP contribution < -0.4 is 5.32 Å². The van der Waals surface area contributed by atoms with Crippen molar-refractivity contribution < 1.29 is 9.18 Å². The number of likely N-dealkylation sites (tertiary alicyclic amines) is 1. The predicted octanol–water partition coefficient (Wildman–Crippen LogP) is 3.54. The minimum Gasteiger partial charge on any atom is -0.322 e.